The maximum absolute atomic E-state index is 13.1. The lowest BCUT2D eigenvalue weighted by atomic mass is 10.1. The van der Waals surface area contributed by atoms with E-state index in [0.29, 0.717) is 0 Å². The summed E-state index contributed by atoms with van der Waals surface area (Å²) in [5.41, 5.74) is 5.29. The highest BCUT2D eigenvalue weighted by molar-refractivity contribution is 9.10. The molecule has 1 aliphatic heterocycles. The fourth-order valence-corrected chi connectivity index (χ4v) is 3.10. The van der Waals surface area contributed by atoms with Crippen LogP contribution in [0.2, 0.25) is 0 Å². The largest absolute Gasteiger partial charge is 0.342 e. The van der Waals surface area contributed by atoms with Gasteiger partial charge in [0.25, 0.3) is 0 Å². The van der Waals surface area contributed by atoms with Crippen molar-refractivity contribution in [2.45, 2.75) is 6.54 Å². The zero-order valence-corrected chi connectivity index (χ0v) is 13.2. The number of aromatic nitrogens is 1. The van der Waals surface area contributed by atoms with E-state index in [1.165, 1.54) is 17.7 Å². The first-order chi connectivity index (χ1) is 10.7. The molecule has 0 unspecified atom stereocenters. The van der Waals surface area contributed by atoms with Crippen LogP contribution >= 0.6 is 15.9 Å². The van der Waals surface area contributed by atoms with E-state index < -0.39 is 0 Å². The first-order valence-electron chi connectivity index (χ1n) is 6.98. The molecule has 0 atom stereocenters. The van der Waals surface area contributed by atoms with Gasteiger partial charge in [-0.05, 0) is 47.5 Å². The number of hydrogen-bond acceptors (Lipinski definition) is 1. The van der Waals surface area contributed by atoms with Crippen molar-refractivity contribution < 1.29 is 4.39 Å². The monoisotopic (exact) mass is 354 g/mol. The van der Waals surface area contributed by atoms with Crippen molar-refractivity contribution in [3.8, 4) is 11.1 Å². The highest BCUT2D eigenvalue weighted by Gasteiger charge is 2.12. The van der Waals surface area contributed by atoms with Gasteiger partial charge in [0.05, 0.1) is 17.6 Å². The summed E-state index contributed by atoms with van der Waals surface area (Å²) < 4.78 is 16.3. The minimum absolute atomic E-state index is 0.218. The Kier molecular flexibility index (Phi) is 3.19. The van der Waals surface area contributed by atoms with E-state index in [1.54, 1.807) is 12.1 Å². The molecule has 0 radical (unpaired) electrons. The number of hydrogen-bond donors (Lipinski definition) is 0. The predicted molar refractivity (Wildman–Crippen MR) is 90.3 cm³/mol. The third kappa shape index (κ3) is 2.40. The number of benzene rings is 2. The average Bonchev–Trinajstić information content (AvgIpc) is 2.82. The predicted octanol–water partition coefficient (Wildman–Crippen LogP) is 5.17. The van der Waals surface area contributed by atoms with E-state index in [2.05, 4.69) is 43.8 Å². The Morgan fingerprint density at radius 2 is 1.82 bits per heavy atom. The van der Waals surface area contributed by atoms with Crippen LogP contribution < -0.4 is 0 Å². The minimum Gasteiger partial charge on any atom is -0.342 e. The molecule has 0 aliphatic carbocycles. The Bertz CT molecular complexity index is 879. The van der Waals surface area contributed by atoms with Crippen molar-refractivity contribution in [2.24, 2.45) is 4.99 Å². The first-order valence-corrected chi connectivity index (χ1v) is 7.77. The molecule has 2 heterocycles. The van der Waals surface area contributed by atoms with Crippen molar-refractivity contribution in [3.05, 3.63) is 76.3 Å². The second-order valence-corrected chi connectivity index (χ2v) is 6.24. The summed E-state index contributed by atoms with van der Waals surface area (Å²) in [6.07, 6.45) is 3.97. The number of nitrogens with zero attached hydrogens (tertiary/aromatic N) is 2. The zero-order chi connectivity index (χ0) is 15.1. The molecular weight excluding hydrogens is 343 g/mol. The standard InChI is InChI=1S/C18H12BrFN2/c19-15-3-6-18-14(7-15)11-22-10-13(8-17(22)9-21-18)12-1-4-16(20)5-2-12/h1-10H,11H2. The van der Waals surface area contributed by atoms with Crippen molar-refractivity contribution in [1.82, 2.24) is 4.57 Å². The van der Waals surface area contributed by atoms with Crippen molar-refractivity contribution >= 4 is 27.8 Å². The van der Waals surface area contributed by atoms with Crippen LogP contribution in [0.3, 0.4) is 0 Å². The van der Waals surface area contributed by atoms with E-state index >= 15 is 0 Å². The molecule has 2 nitrogen and oxygen atoms in total. The number of fused-ring (bicyclic) bond motifs is 2. The molecule has 1 aromatic heterocycles. The van der Waals surface area contributed by atoms with Crippen LogP contribution in [0.15, 0.2) is 64.2 Å². The van der Waals surface area contributed by atoms with E-state index in [9.17, 15) is 4.39 Å². The van der Waals surface area contributed by atoms with Crippen molar-refractivity contribution in [3.63, 3.8) is 0 Å². The Morgan fingerprint density at radius 1 is 1.00 bits per heavy atom. The lowest BCUT2D eigenvalue weighted by Gasteiger charge is -2.06. The first kappa shape index (κ1) is 13.5. The Hall–Kier alpha value is -2.20. The number of halogens is 2. The molecule has 0 saturated carbocycles. The maximum atomic E-state index is 13.1. The van der Waals surface area contributed by atoms with Crippen molar-refractivity contribution in [1.29, 1.82) is 0 Å². The summed E-state index contributed by atoms with van der Waals surface area (Å²) >= 11 is 3.51. The molecule has 0 amide bonds. The Morgan fingerprint density at radius 3 is 2.64 bits per heavy atom. The third-order valence-corrected chi connectivity index (χ3v) is 4.32. The molecular formula is C18H12BrFN2. The Balaban J connectivity index is 1.77. The van der Waals surface area contributed by atoms with Crippen LogP contribution in [0.4, 0.5) is 10.1 Å². The van der Waals surface area contributed by atoms with Gasteiger partial charge >= 0.3 is 0 Å². The normalized spacial score (nSPS) is 12.6. The molecule has 4 rings (SSSR count). The summed E-state index contributed by atoms with van der Waals surface area (Å²) in [5.74, 6) is -0.218. The third-order valence-electron chi connectivity index (χ3n) is 3.83. The molecule has 0 saturated heterocycles. The average molecular weight is 355 g/mol. The molecule has 22 heavy (non-hydrogen) atoms. The second kappa shape index (κ2) is 5.21. The van der Waals surface area contributed by atoms with E-state index in [-0.39, 0.29) is 5.82 Å². The summed E-state index contributed by atoms with van der Waals surface area (Å²) in [5, 5.41) is 0. The Labute approximate surface area is 136 Å². The van der Waals surface area contributed by atoms with Gasteiger partial charge in [-0.1, -0.05) is 28.1 Å². The lowest BCUT2D eigenvalue weighted by molar-refractivity contribution is 0.628. The lowest BCUT2D eigenvalue weighted by Crippen LogP contribution is -2.00. The van der Waals surface area contributed by atoms with Crippen LogP contribution in [0.1, 0.15) is 11.3 Å². The molecule has 108 valence electrons. The summed E-state index contributed by atoms with van der Waals surface area (Å²) in [7, 11) is 0. The van der Waals surface area contributed by atoms with Crippen molar-refractivity contribution in [2.75, 3.05) is 0 Å². The second-order valence-electron chi connectivity index (χ2n) is 5.32. The van der Waals surface area contributed by atoms with Gasteiger partial charge in [-0.25, -0.2) is 4.39 Å². The summed E-state index contributed by atoms with van der Waals surface area (Å²) in [4.78, 5) is 4.56. The molecule has 2 aromatic carbocycles. The zero-order valence-electron chi connectivity index (χ0n) is 11.6. The van der Waals surface area contributed by atoms with Crippen LogP contribution in [0.5, 0.6) is 0 Å². The van der Waals surface area contributed by atoms with Gasteiger partial charge in [-0.2, -0.15) is 0 Å². The van der Waals surface area contributed by atoms with E-state index in [4.69, 9.17) is 0 Å². The van der Waals surface area contributed by atoms with E-state index in [1.807, 2.05) is 18.3 Å². The molecule has 1 aliphatic rings. The molecule has 0 bridgehead atoms. The van der Waals surface area contributed by atoms with E-state index in [0.717, 1.165) is 33.5 Å². The van der Waals surface area contributed by atoms with Crippen LogP contribution in [0, 0.1) is 5.82 Å². The maximum Gasteiger partial charge on any atom is 0.123 e. The minimum atomic E-state index is -0.218. The topological polar surface area (TPSA) is 17.3 Å². The molecule has 4 heteroatoms. The van der Waals surface area contributed by atoms with Crippen LogP contribution in [-0.4, -0.2) is 10.8 Å². The van der Waals surface area contributed by atoms with Crippen LogP contribution in [0.25, 0.3) is 11.1 Å². The van der Waals surface area contributed by atoms with Gasteiger partial charge in [-0.3, -0.25) is 4.99 Å². The molecule has 0 N–H and O–H groups in total. The SMILES string of the molecule is Fc1ccc(-c2cc3n(c2)Cc2cc(Br)ccc2N=C3)cc1. The highest BCUT2D eigenvalue weighted by Crippen LogP contribution is 2.29. The van der Waals surface area contributed by atoms with Gasteiger partial charge in [0.15, 0.2) is 0 Å². The van der Waals surface area contributed by atoms with Gasteiger partial charge < -0.3 is 4.57 Å². The number of rotatable bonds is 1. The smallest absolute Gasteiger partial charge is 0.123 e. The van der Waals surface area contributed by atoms with Crippen LogP contribution in [-0.2, 0) is 6.54 Å². The van der Waals surface area contributed by atoms with Gasteiger partial charge in [0, 0.05) is 22.8 Å². The van der Waals surface area contributed by atoms with Gasteiger partial charge in [0.2, 0.25) is 0 Å². The number of aliphatic imine (C=N–C) groups is 1. The molecule has 3 aromatic rings. The van der Waals surface area contributed by atoms with Gasteiger partial charge in [0.1, 0.15) is 5.82 Å². The summed E-state index contributed by atoms with van der Waals surface area (Å²) in [6.45, 7) is 0.769. The summed E-state index contributed by atoms with van der Waals surface area (Å²) in [6, 6.07) is 14.8. The molecule has 0 spiro atoms. The highest BCUT2D eigenvalue weighted by atomic mass is 79.9. The van der Waals surface area contributed by atoms with Gasteiger partial charge in [-0.15, -0.1) is 0 Å². The quantitative estimate of drug-likeness (QED) is 0.448. The molecule has 0 fully saturated rings. The fourth-order valence-electron chi connectivity index (χ4n) is 2.70. The fraction of sp³-hybridized carbons (Fsp3) is 0.0556.